The third kappa shape index (κ3) is 3.65. The van der Waals surface area contributed by atoms with Gasteiger partial charge < -0.3 is 15.0 Å². The molecule has 2 aromatic rings. The van der Waals surface area contributed by atoms with E-state index in [-0.39, 0.29) is 31.4 Å². The molecule has 0 saturated heterocycles. The van der Waals surface area contributed by atoms with Crippen LogP contribution in [0.3, 0.4) is 0 Å². The van der Waals surface area contributed by atoms with Gasteiger partial charge in [-0.25, -0.2) is 0 Å². The Morgan fingerprint density at radius 2 is 2.22 bits per heavy atom. The number of nitrogens with zero attached hydrogens (tertiary/aromatic N) is 3. The average Bonchev–Trinajstić information content (AvgIpc) is 2.55. The smallest absolute Gasteiger partial charge is 0.265 e. The first-order valence-electron chi connectivity index (χ1n) is 6.93. The number of amides is 2. The summed E-state index contributed by atoms with van der Waals surface area (Å²) in [5.74, 6) is 0.256. The largest absolute Gasteiger partial charge is 0.482 e. The third-order valence-corrected chi connectivity index (χ3v) is 3.79. The molecule has 1 N–H and O–H groups in total. The van der Waals surface area contributed by atoms with Crippen molar-refractivity contribution in [3.63, 3.8) is 0 Å². The number of carbonyl (C=O) groups excluding carboxylic acids is 2. The lowest BCUT2D eigenvalue weighted by Gasteiger charge is -2.29. The van der Waals surface area contributed by atoms with E-state index in [1.54, 1.807) is 23.1 Å². The highest BCUT2D eigenvalue weighted by atomic mass is 79.9. The van der Waals surface area contributed by atoms with E-state index in [4.69, 9.17) is 4.74 Å². The molecule has 1 aromatic heterocycles. The Balaban J connectivity index is 1.66. The molecule has 118 valence electrons. The maximum Gasteiger partial charge on any atom is 0.265 e. The lowest BCUT2D eigenvalue weighted by molar-refractivity contribution is -0.121. The number of rotatable bonds is 4. The van der Waals surface area contributed by atoms with Crippen molar-refractivity contribution in [1.29, 1.82) is 0 Å². The van der Waals surface area contributed by atoms with Crippen molar-refractivity contribution >= 4 is 39.1 Å². The second-order valence-corrected chi connectivity index (χ2v) is 5.79. The van der Waals surface area contributed by atoms with Gasteiger partial charge >= 0.3 is 0 Å². The minimum atomic E-state index is -0.198. The third-order valence-electron chi connectivity index (χ3n) is 3.30. The number of benzene rings is 1. The molecule has 2 amide bonds. The zero-order valence-corrected chi connectivity index (χ0v) is 13.6. The van der Waals surface area contributed by atoms with Crippen LogP contribution in [-0.4, -0.2) is 35.2 Å². The maximum atomic E-state index is 12.1. The Labute approximate surface area is 140 Å². The standard InChI is InChI=1S/C15H13BrN4O3/c16-10-1-2-12-13(7-10)23-9-15(22)20(12)6-4-14(21)19-11-3-5-17-18-8-11/h1-3,5,7-8H,4,6,9H2,(H,17,19,21). The fraction of sp³-hybridized carbons (Fsp3) is 0.200. The summed E-state index contributed by atoms with van der Waals surface area (Å²) >= 11 is 3.37. The minimum Gasteiger partial charge on any atom is -0.482 e. The number of hydrogen-bond donors (Lipinski definition) is 1. The van der Waals surface area contributed by atoms with Crippen LogP contribution in [0.25, 0.3) is 0 Å². The van der Waals surface area contributed by atoms with Gasteiger partial charge in [0.25, 0.3) is 5.91 Å². The summed E-state index contributed by atoms with van der Waals surface area (Å²) < 4.78 is 6.28. The molecule has 0 fully saturated rings. The second kappa shape index (κ2) is 6.74. The number of hydrogen-bond acceptors (Lipinski definition) is 5. The number of aromatic nitrogens is 2. The quantitative estimate of drug-likeness (QED) is 0.881. The van der Waals surface area contributed by atoms with Gasteiger partial charge in [-0.05, 0) is 24.3 Å². The van der Waals surface area contributed by atoms with Crippen molar-refractivity contribution in [1.82, 2.24) is 10.2 Å². The summed E-state index contributed by atoms with van der Waals surface area (Å²) in [7, 11) is 0. The minimum absolute atomic E-state index is 0.0284. The van der Waals surface area contributed by atoms with Crippen LogP contribution in [0.5, 0.6) is 5.75 Å². The Hall–Kier alpha value is -2.48. The van der Waals surface area contributed by atoms with Crippen molar-refractivity contribution in [3.8, 4) is 5.75 Å². The Bertz CT molecular complexity index is 739. The predicted molar refractivity (Wildman–Crippen MR) is 87.3 cm³/mol. The molecule has 0 aliphatic carbocycles. The summed E-state index contributed by atoms with van der Waals surface area (Å²) in [6, 6.07) is 7.08. The normalized spacial score (nSPS) is 13.3. The first-order valence-corrected chi connectivity index (χ1v) is 7.72. The summed E-state index contributed by atoms with van der Waals surface area (Å²) in [4.78, 5) is 25.6. The van der Waals surface area contributed by atoms with Crippen LogP contribution in [0.4, 0.5) is 11.4 Å². The van der Waals surface area contributed by atoms with Gasteiger partial charge in [0, 0.05) is 17.4 Å². The zero-order chi connectivity index (χ0) is 16.2. The topological polar surface area (TPSA) is 84.4 Å². The number of anilines is 2. The molecule has 0 spiro atoms. The van der Waals surface area contributed by atoms with Gasteiger partial charge in [-0.2, -0.15) is 10.2 Å². The SMILES string of the molecule is O=C(CCN1C(=O)COc2cc(Br)ccc21)Nc1ccnnc1. The van der Waals surface area contributed by atoms with Crippen molar-refractivity contribution in [2.75, 3.05) is 23.4 Å². The first-order chi connectivity index (χ1) is 11.1. The van der Waals surface area contributed by atoms with E-state index >= 15 is 0 Å². The molecule has 1 aliphatic rings. The van der Waals surface area contributed by atoms with Crippen LogP contribution in [0, 0.1) is 0 Å². The Morgan fingerprint density at radius 1 is 1.35 bits per heavy atom. The molecule has 3 rings (SSSR count). The number of fused-ring (bicyclic) bond motifs is 1. The molecule has 2 heterocycles. The Morgan fingerprint density at radius 3 is 3.00 bits per heavy atom. The molecule has 8 heteroatoms. The lowest BCUT2D eigenvalue weighted by atomic mass is 10.2. The fourth-order valence-corrected chi connectivity index (χ4v) is 2.57. The first kappa shape index (κ1) is 15.4. The van der Waals surface area contributed by atoms with Gasteiger partial charge in [0.05, 0.1) is 23.8 Å². The highest BCUT2D eigenvalue weighted by Crippen LogP contribution is 2.34. The highest BCUT2D eigenvalue weighted by Gasteiger charge is 2.25. The van der Waals surface area contributed by atoms with Gasteiger partial charge in [0.1, 0.15) is 5.75 Å². The van der Waals surface area contributed by atoms with E-state index in [0.717, 1.165) is 4.47 Å². The average molecular weight is 377 g/mol. The molecule has 0 radical (unpaired) electrons. The number of carbonyl (C=O) groups is 2. The molecular weight excluding hydrogens is 364 g/mol. The van der Waals surface area contributed by atoms with Crippen LogP contribution < -0.4 is 15.0 Å². The number of nitrogens with one attached hydrogen (secondary N) is 1. The second-order valence-electron chi connectivity index (χ2n) is 4.88. The molecule has 1 aliphatic heterocycles. The van der Waals surface area contributed by atoms with Gasteiger partial charge in [-0.1, -0.05) is 15.9 Å². The monoisotopic (exact) mass is 376 g/mol. The van der Waals surface area contributed by atoms with Gasteiger partial charge in [0.2, 0.25) is 5.91 Å². The molecule has 0 saturated carbocycles. The van der Waals surface area contributed by atoms with Crippen LogP contribution in [0.15, 0.2) is 41.1 Å². The number of halogens is 1. The number of ether oxygens (including phenoxy) is 1. The summed E-state index contributed by atoms with van der Waals surface area (Å²) in [5.41, 5.74) is 1.24. The molecule has 0 bridgehead atoms. The maximum absolute atomic E-state index is 12.1. The van der Waals surface area contributed by atoms with E-state index in [9.17, 15) is 9.59 Å². The molecular formula is C15H13BrN4O3. The van der Waals surface area contributed by atoms with Crippen LogP contribution >= 0.6 is 15.9 Å². The highest BCUT2D eigenvalue weighted by molar-refractivity contribution is 9.10. The molecule has 23 heavy (non-hydrogen) atoms. The molecule has 1 aromatic carbocycles. The lowest BCUT2D eigenvalue weighted by Crippen LogP contribution is -2.40. The van der Waals surface area contributed by atoms with Crippen molar-refractivity contribution < 1.29 is 14.3 Å². The van der Waals surface area contributed by atoms with Crippen LogP contribution in [-0.2, 0) is 9.59 Å². The van der Waals surface area contributed by atoms with E-state index in [0.29, 0.717) is 17.1 Å². The molecule has 0 unspecified atom stereocenters. The summed E-state index contributed by atoms with van der Waals surface area (Å²) in [5, 5.41) is 10.0. The van der Waals surface area contributed by atoms with Gasteiger partial charge in [0.15, 0.2) is 6.61 Å². The summed E-state index contributed by atoms with van der Waals surface area (Å²) in [6.45, 7) is 0.251. The van der Waals surface area contributed by atoms with Crippen molar-refractivity contribution in [2.45, 2.75) is 6.42 Å². The van der Waals surface area contributed by atoms with Gasteiger partial charge in [-0.15, -0.1) is 0 Å². The van der Waals surface area contributed by atoms with Crippen molar-refractivity contribution in [2.24, 2.45) is 0 Å². The van der Waals surface area contributed by atoms with Crippen molar-refractivity contribution in [3.05, 3.63) is 41.1 Å². The van der Waals surface area contributed by atoms with E-state index < -0.39 is 0 Å². The molecule has 0 atom stereocenters. The Kier molecular flexibility index (Phi) is 4.52. The predicted octanol–water partition coefficient (Wildman–Crippen LogP) is 1.99. The van der Waals surface area contributed by atoms with E-state index in [1.165, 1.54) is 12.4 Å². The van der Waals surface area contributed by atoms with Crippen LogP contribution in [0.2, 0.25) is 0 Å². The fourth-order valence-electron chi connectivity index (χ4n) is 2.22. The van der Waals surface area contributed by atoms with E-state index in [2.05, 4.69) is 31.4 Å². The van der Waals surface area contributed by atoms with Crippen LogP contribution in [0.1, 0.15) is 6.42 Å². The van der Waals surface area contributed by atoms with Gasteiger partial charge in [-0.3, -0.25) is 9.59 Å². The summed E-state index contributed by atoms with van der Waals surface area (Å²) in [6.07, 6.45) is 3.13. The van der Waals surface area contributed by atoms with E-state index in [1.807, 2.05) is 6.07 Å². The molecule has 7 nitrogen and oxygen atoms in total. The zero-order valence-electron chi connectivity index (χ0n) is 12.0.